The molecule has 0 saturated heterocycles. The number of nitrogens with zero attached hydrogens (tertiary/aromatic N) is 2. The van der Waals surface area contributed by atoms with E-state index < -0.39 is 0 Å². The summed E-state index contributed by atoms with van der Waals surface area (Å²) in [5.74, 6) is 2.89. The van der Waals surface area contributed by atoms with Crippen LogP contribution in [0.15, 0.2) is 24.4 Å². The van der Waals surface area contributed by atoms with E-state index in [1.54, 1.807) is 13.3 Å². The highest BCUT2D eigenvalue weighted by Crippen LogP contribution is 2.49. The molecule has 1 atom stereocenters. The lowest BCUT2D eigenvalue weighted by Crippen LogP contribution is -2.37. The molecular weight excluding hydrogens is 330 g/mol. The molecule has 0 bridgehead atoms. The average molecular weight is 348 g/mol. The molecular formula is C17H18ClN3O3. The van der Waals surface area contributed by atoms with E-state index in [-0.39, 0.29) is 13.0 Å². The summed E-state index contributed by atoms with van der Waals surface area (Å²) in [6, 6.07) is 5.73. The van der Waals surface area contributed by atoms with Crippen molar-refractivity contribution in [1.82, 2.24) is 9.88 Å². The van der Waals surface area contributed by atoms with E-state index in [0.29, 0.717) is 10.8 Å². The molecule has 1 unspecified atom stereocenters. The summed E-state index contributed by atoms with van der Waals surface area (Å²) >= 11 is 5.92. The average Bonchev–Trinajstić information content (AvgIpc) is 3.05. The van der Waals surface area contributed by atoms with Crippen LogP contribution in [0, 0.1) is 0 Å². The van der Waals surface area contributed by atoms with Gasteiger partial charge in [0, 0.05) is 18.3 Å². The first kappa shape index (κ1) is 15.4. The molecule has 2 aromatic rings. The van der Waals surface area contributed by atoms with E-state index in [4.69, 9.17) is 25.8 Å². The van der Waals surface area contributed by atoms with Crippen LogP contribution in [-0.2, 0) is 6.42 Å². The highest BCUT2D eigenvalue weighted by Gasteiger charge is 2.34. The predicted octanol–water partition coefficient (Wildman–Crippen LogP) is 3.07. The molecule has 0 spiro atoms. The fraction of sp³-hybridized carbons (Fsp3) is 0.353. The Labute approximate surface area is 145 Å². The fourth-order valence-corrected chi connectivity index (χ4v) is 3.33. The molecule has 7 heteroatoms. The minimum atomic E-state index is -0.0770. The zero-order valence-corrected chi connectivity index (χ0v) is 14.3. The first-order valence-electron chi connectivity index (χ1n) is 7.75. The molecule has 2 aliphatic heterocycles. The van der Waals surface area contributed by atoms with E-state index in [2.05, 4.69) is 28.3 Å². The Kier molecular flexibility index (Phi) is 3.86. The number of halogens is 1. The number of rotatable bonds is 3. The van der Waals surface area contributed by atoms with Gasteiger partial charge in [0.1, 0.15) is 12.0 Å². The van der Waals surface area contributed by atoms with Crippen molar-refractivity contribution >= 4 is 17.4 Å². The third-order valence-corrected chi connectivity index (χ3v) is 4.63. The molecule has 1 N–H and O–H groups in total. The van der Waals surface area contributed by atoms with Crippen LogP contribution in [0.25, 0.3) is 0 Å². The van der Waals surface area contributed by atoms with Crippen LogP contribution in [0.4, 0.5) is 5.82 Å². The van der Waals surface area contributed by atoms with Gasteiger partial charge in [-0.15, -0.1) is 0 Å². The molecule has 0 amide bonds. The molecule has 0 radical (unpaired) electrons. The number of aromatic nitrogens is 1. The van der Waals surface area contributed by atoms with Crippen LogP contribution in [0.3, 0.4) is 0 Å². The maximum atomic E-state index is 5.92. The van der Waals surface area contributed by atoms with Gasteiger partial charge in [-0.2, -0.15) is 0 Å². The first-order chi connectivity index (χ1) is 11.7. The van der Waals surface area contributed by atoms with Gasteiger partial charge in [-0.1, -0.05) is 11.6 Å². The number of pyridine rings is 1. The standard InChI is InChI=1S/C17H18ClN3O3/c1-21-6-5-10-7-12-15(24-9-23-12)16(22-2)14(10)17(21)20-13-4-3-11(18)8-19-13/h3-4,7-8,17H,5-6,9H2,1-2H3,(H,19,20). The Morgan fingerprint density at radius 1 is 1.38 bits per heavy atom. The number of methoxy groups -OCH3 is 1. The Balaban J connectivity index is 1.78. The fourth-order valence-electron chi connectivity index (χ4n) is 3.22. The first-order valence-corrected chi connectivity index (χ1v) is 8.13. The summed E-state index contributed by atoms with van der Waals surface area (Å²) in [6.07, 6.45) is 2.47. The largest absolute Gasteiger partial charge is 0.492 e. The molecule has 3 heterocycles. The molecule has 0 saturated carbocycles. The maximum Gasteiger partial charge on any atom is 0.231 e. The lowest BCUT2D eigenvalue weighted by atomic mass is 9.95. The number of anilines is 1. The third kappa shape index (κ3) is 2.52. The van der Waals surface area contributed by atoms with Gasteiger partial charge in [0.05, 0.1) is 12.1 Å². The van der Waals surface area contributed by atoms with Crippen molar-refractivity contribution in [2.45, 2.75) is 12.6 Å². The quantitative estimate of drug-likeness (QED) is 0.921. The van der Waals surface area contributed by atoms with Gasteiger partial charge in [-0.3, -0.25) is 4.90 Å². The van der Waals surface area contributed by atoms with Crippen molar-refractivity contribution in [3.8, 4) is 17.2 Å². The number of hydrogen-bond donors (Lipinski definition) is 1. The normalized spacial score (nSPS) is 19.0. The highest BCUT2D eigenvalue weighted by molar-refractivity contribution is 6.30. The summed E-state index contributed by atoms with van der Waals surface area (Å²) in [4.78, 5) is 6.57. The van der Waals surface area contributed by atoms with E-state index in [1.165, 1.54) is 5.56 Å². The second-order valence-electron chi connectivity index (χ2n) is 5.86. The van der Waals surface area contributed by atoms with Gasteiger partial charge in [0.15, 0.2) is 11.5 Å². The van der Waals surface area contributed by atoms with E-state index in [9.17, 15) is 0 Å². The monoisotopic (exact) mass is 347 g/mol. The van der Waals surface area contributed by atoms with Gasteiger partial charge in [0.25, 0.3) is 0 Å². The Morgan fingerprint density at radius 2 is 2.25 bits per heavy atom. The minimum absolute atomic E-state index is 0.0770. The predicted molar refractivity (Wildman–Crippen MR) is 91.1 cm³/mol. The summed E-state index contributed by atoms with van der Waals surface area (Å²) in [5.41, 5.74) is 2.26. The van der Waals surface area contributed by atoms with Crippen molar-refractivity contribution in [2.24, 2.45) is 0 Å². The second kappa shape index (κ2) is 6.03. The molecule has 6 nitrogen and oxygen atoms in total. The number of ether oxygens (including phenoxy) is 3. The van der Waals surface area contributed by atoms with Crippen LogP contribution in [0.5, 0.6) is 17.2 Å². The Bertz CT molecular complexity index is 767. The van der Waals surface area contributed by atoms with E-state index >= 15 is 0 Å². The van der Waals surface area contributed by atoms with Crippen LogP contribution in [0.2, 0.25) is 5.02 Å². The van der Waals surface area contributed by atoms with Gasteiger partial charge >= 0.3 is 0 Å². The van der Waals surface area contributed by atoms with Gasteiger partial charge < -0.3 is 19.5 Å². The van der Waals surface area contributed by atoms with Crippen molar-refractivity contribution in [3.05, 3.63) is 40.5 Å². The smallest absolute Gasteiger partial charge is 0.231 e. The lowest BCUT2D eigenvalue weighted by molar-refractivity contribution is 0.170. The molecule has 2 aliphatic rings. The number of nitrogens with one attached hydrogen (secondary N) is 1. The second-order valence-corrected chi connectivity index (χ2v) is 6.29. The summed E-state index contributed by atoms with van der Waals surface area (Å²) in [5, 5.41) is 4.07. The highest BCUT2D eigenvalue weighted by atomic mass is 35.5. The third-order valence-electron chi connectivity index (χ3n) is 4.41. The lowest BCUT2D eigenvalue weighted by Gasteiger charge is -2.36. The van der Waals surface area contributed by atoms with E-state index in [0.717, 1.165) is 35.8 Å². The van der Waals surface area contributed by atoms with Crippen LogP contribution in [-0.4, -0.2) is 37.4 Å². The molecule has 1 aromatic heterocycles. The summed E-state index contributed by atoms with van der Waals surface area (Å²) in [6.45, 7) is 1.14. The number of benzene rings is 1. The molecule has 0 fully saturated rings. The SMILES string of the molecule is COc1c2c(cc3c1C(Nc1ccc(Cl)cn1)N(C)CC3)OCO2. The summed E-state index contributed by atoms with van der Waals surface area (Å²) < 4.78 is 16.8. The minimum Gasteiger partial charge on any atom is -0.492 e. The van der Waals surface area contributed by atoms with Gasteiger partial charge in [-0.25, -0.2) is 4.98 Å². The molecule has 4 rings (SSSR count). The van der Waals surface area contributed by atoms with Crippen molar-refractivity contribution in [3.63, 3.8) is 0 Å². The Morgan fingerprint density at radius 3 is 3.00 bits per heavy atom. The van der Waals surface area contributed by atoms with Crippen LogP contribution < -0.4 is 19.5 Å². The number of hydrogen-bond acceptors (Lipinski definition) is 6. The van der Waals surface area contributed by atoms with Crippen molar-refractivity contribution in [2.75, 3.05) is 32.8 Å². The molecule has 24 heavy (non-hydrogen) atoms. The number of fused-ring (bicyclic) bond motifs is 2. The van der Waals surface area contributed by atoms with Crippen LogP contribution in [0.1, 0.15) is 17.3 Å². The van der Waals surface area contributed by atoms with Crippen molar-refractivity contribution in [1.29, 1.82) is 0 Å². The van der Waals surface area contributed by atoms with Crippen molar-refractivity contribution < 1.29 is 14.2 Å². The zero-order chi connectivity index (χ0) is 16.7. The van der Waals surface area contributed by atoms with E-state index in [1.807, 2.05) is 12.1 Å². The molecule has 1 aromatic carbocycles. The van der Waals surface area contributed by atoms with Gasteiger partial charge in [0.2, 0.25) is 12.5 Å². The maximum absolute atomic E-state index is 5.92. The topological polar surface area (TPSA) is 55.9 Å². The molecule has 0 aliphatic carbocycles. The summed E-state index contributed by atoms with van der Waals surface area (Å²) in [7, 11) is 3.73. The number of likely N-dealkylation sites (N-methyl/N-ethyl adjacent to an activating group) is 1. The van der Waals surface area contributed by atoms with Crippen LogP contribution >= 0.6 is 11.6 Å². The molecule has 126 valence electrons. The Hall–Kier alpha value is -2.18. The zero-order valence-electron chi connectivity index (χ0n) is 13.5. The van der Waals surface area contributed by atoms with Gasteiger partial charge in [-0.05, 0) is 37.2 Å².